The van der Waals surface area contributed by atoms with E-state index in [0.29, 0.717) is 25.8 Å². The van der Waals surface area contributed by atoms with Crippen molar-refractivity contribution in [3.63, 3.8) is 0 Å². The van der Waals surface area contributed by atoms with Crippen LogP contribution in [0.25, 0.3) is 11.1 Å². The molecule has 2 aromatic carbocycles. The number of aliphatic carboxylic acids is 1. The predicted molar refractivity (Wildman–Crippen MR) is 122 cm³/mol. The average molecular weight is 449 g/mol. The Kier molecular flexibility index (Phi) is 5.56. The number of hydrogen-bond donors (Lipinski definition) is 3. The Morgan fingerprint density at radius 3 is 2.21 bits per heavy atom. The summed E-state index contributed by atoms with van der Waals surface area (Å²) in [7, 11) is 0. The van der Waals surface area contributed by atoms with E-state index in [1.54, 1.807) is 0 Å². The van der Waals surface area contributed by atoms with Crippen LogP contribution in [0, 0.1) is 11.8 Å². The summed E-state index contributed by atoms with van der Waals surface area (Å²) in [6.45, 7) is 0.518. The molecule has 2 unspecified atom stereocenters. The first-order valence-electron chi connectivity index (χ1n) is 11.6. The number of fused-ring (bicyclic) bond motifs is 3. The molecule has 2 saturated carbocycles. The van der Waals surface area contributed by atoms with Crippen LogP contribution in [-0.4, -0.2) is 41.8 Å². The number of hydrogen-bond acceptors (Lipinski definition) is 4. The van der Waals surface area contributed by atoms with E-state index in [-0.39, 0.29) is 24.3 Å². The zero-order valence-electron chi connectivity index (χ0n) is 18.4. The van der Waals surface area contributed by atoms with Gasteiger partial charge in [-0.15, -0.1) is 0 Å². The SMILES string of the molecule is O=C(NC1(C(=O)NCC2CCCC2C(=O)O)CC1)OCC1c2ccccc2-c2ccccc21. The van der Waals surface area contributed by atoms with Gasteiger partial charge < -0.3 is 20.5 Å². The predicted octanol–water partition coefficient (Wildman–Crippen LogP) is 3.67. The number of rotatable bonds is 7. The van der Waals surface area contributed by atoms with Crippen LogP contribution in [0.3, 0.4) is 0 Å². The highest BCUT2D eigenvalue weighted by Gasteiger charge is 2.52. The summed E-state index contributed by atoms with van der Waals surface area (Å²) in [5.41, 5.74) is 3.64. The number of carboxylic acid groups (broad SMARTS) is 1. The Bertz CT molecular complexity index is 1050. The number of carbonyl (C=O) groups is 3. The van der Waals surface area contributed by atoms with Gasteiger partial charge >= 0.3 is 12.1 Å². The average Bonchev–Trinajstić information content (AvgIpc) is 3.31. The molecule has 7 nitrogen and oxygen atoms in total. The largest absolute Gasteiger partial charge is 0.481 e. The first-order chi connectivity index (χ1) is 16.0. The first-order valence-corrected chi connectivity index (χ1v) is 11.6. The summed E-state index contributed by atoms with van der Waals surface area (Å²) in [4.78, 5) is 36.7. The molecule has 0 radical (unpaired) electrons. The molecule has 2 amide bonds. The number of amides is 2. The van der Waals surface area contributed by atoms with Gasteiger partial charge in [-0.2, -0.15) is 0 Å². The molecule has 172 valence electrons. The standard InChI is InChI=1S/C26H28N2O5/c29-23(30)17-11-5-6-16(17)14-27-24(31)26(12-13-26)28-25(32)33-15-22-20-9-3-1-7-18(20)19-8-2-4-10-21(19)22/h1-4,7-10,16-17,22H,5-6,11-15H2,(H,27,31)(H,28,32)(H,29,30). The third kappa shape index (κ3) is 4.08. The van der Waals surface area contributed by atoms with Gasteiger partial charge in [0.05, 0.1) is 5.92 Å². The number of nitrogens with one attached hydrogen (secondary N) is 2. The van der Waals surface area contributed by atoms with Crippen molar-refractivity contribution in [1.82, 2.24) is 10.6 Å². The van der Waals surface area contributed by atoms with Crippen molar-refractivity contribution in [2.45, 2.75) is 43.6 Å². The van der Waals surface area contributed by atoms with Gasteiger partial charge in [0, 0.05) is 12.5 Å². The minimum atomic E-state index is -0.945. The molecule has 0 saturated heterocycles. The molecule has 2 atom stereocenters. The van der Waals surface area contributed by atoms with Crippen LogP contribution < -0.4 is 10.6 Å². The van der Waals surface area contributed by atoms with Crippen molar-refractivity contribution in [1.29, 1.82) is 0 Å². The molecule has 0 aromatic heterocycles. The Labute approximate surface area is 192 Å². The van der Waals surface area contributed by atoms with Crippen molar-refractivity contribution < 1.29 is 24.2 Å². The number of ether oxygens (including phenoxy) is 1. The van der Waals surface area contributed by atoms with Crippen molar-refractivity contribution >= 4 is 18.0 Å². The lowest BCUT2D eigenvalue weighted by molar-refractivity contribution is -0.143. The molecule has 0 aliphatic heterocycles. The van der Waals surface area contributed by atoms with E-state index in [9.17, 15) is 19.5 Å². The number of carboxylic acids is 1. The van der Waals surface area contributed by atoms with Gasteiger partial charge in [0.25, 0.3) is 0 Å². The van der Waals surface area contributed by atoms with Gasteiger partial charge in [0.1, 0.15) is 12.1 Å². The van der Waals surface area contributed by atoms with Crippen molar-refractivity contribution in [3.05, 3.63) is 59.7 Å². The van der Waals surface area contributed by atoms with Crippen LogP contribution in [-0.2, 0) is 14.3 Å². The van der Waals surface area contributed by atoms with E-state index in [4.69, 9.17) is 4.74 Å². The van der Waals surface area contributed by atoms with Crippen molar-refractivity contribution in [2.75, 3.05) is 13.2 Å². The van der Waals surface area contributed by atoms with E-state index in [1.165, 1.54) is 0 Å². The molecule has 3 aliphatic rings. The molecule has 3 N–H and O–H groups in total. The topological polar surface area (TPSA) is 105 Å². The second-order valence-electron chi connectivity index (χ2n) is 9.38. The third-order valence-corrected chi connectivity index (χ3v) is 7.37. The van der Waals surface area contributed by atoms with Crippen LogP contribution >= 0.6 is 0 Å². The van der Waals surface area contributed by atoms with Gasteiger partial charge in [-0.3, -0.25) is 9.59 Å². The third-order valence-electron chi connectivity index (χ3n) is 7.37. The quantitative estimate of drug-likeness (QED) is 0.599. The minimum Gasteiger partial charge on any atom is -0.481 e. The fourth-order valence-electron chi connectivity index (χ4n) is 5.36. The zero-order valence-corrected chi connectivity index (χ0v) is 18.4. The van der Waals surface area contributed by atoms with Gasteiger partial charge in [-0.05, 0) is 53.9 Å². The molecule has 0 spiro atoms. The monoisotopic (exact) mass is 448 g/mol. The highest BCUT2D eigenvalue weighted by atomic mass is 16.5. The summed E-state index contributed by atoms with van der Waals surface area (Å²) >= 11 is 0. The van der Waals surface area contributed by atoms with Gasteiger partial charge in [-0.1, -0.05) is 55.0 Å². The van der Waals surface area contributed by atoms with E-state index in [2.05, 4.69) is 34.9 Å². The Hall–Kier alpha value is -3.35. The molecule has 33 heavy (non-hydrogen) atoms. The lowest BCUT2D eigenvalue weighted by Crippen LogP contribution is -2.50. The molecule has 2 aromatic rings. The normalized spacial score (nSPS) is 22.2. The smallest absolute Gasteiger partial charge is 0.408 e. The van der Waals surface area contributed by atoms with E-state index < -0.39 is 23.5 Å². The second kappa shape index (κ2) is 8.54. The van der Waals surface area contributed by atoms with Crippen LogP contribution in [0.5, 0.6) is 0 Å². The van der Waals surface area contributed by atoms with Crippen molar-refractivity contribution in [3.8, 4) is 11.1 Å². The number of alkyl carbamates (subject to hydrolysis) is 1. The van der Waals surface area contributed by atoms with Gasteiger partial charge in [0.2, 0.25) is 5.91 Å². The highest BCUT2D eigenvalue weighted by molar-refractivity contribution is 5.93. The Morgan fingerprint density at radius 2 is 1.61 bits per heavy atom. The van der Waals surface area contributed by atoms with Crippen LogP contribution in [0.1, 0.15) is 49.1 Å². The molecule has 2 fully saturated rings. The number of carbonyl (C=O) groups excluding carboxylic acids is 2. The van der Waals surface area contributed by atoms with Crippen LogP contribution in [0.15, 0.2) is 48.5 Å². The molecular formula is C26H28N2O5. The van der Waals surface area contributed by atoms with Crippen LogP contribution in [0.4, 0.5) is 4.79 Å². The van der Waals surface area contributed by atoms with Crippen molar-refractivity contribution in [2.24, 2.45) is 11.8 Å². The van der Waals surface area contributed by atoms with E-state index in [1.807, 2.05) is 24.3 Å². The number of benzene rings is 2. The van der Waals surface area contributed by atoms with E-state index in [0.717, 1.165) is 35.1 Å². The van der Waals surface area contributed by atoms with E-state index >= 15 is 0 Å². The Morgan fingerprint density at radius 1 is 0.970 bits per heavy atom. The maximum Gasteiger partial charge on any atom is 0.408 e. The maximum atomic E-state index is 12.8. The summed E-state index contributed by atoms with van der Waals surface area (Å²) in [5.74, 6) is -1.56. The molecule has 7 heteroatoms. The van der Waals surface area contributed by atoms with Crippen LogP contribution in [0.2, 0.25) is 0 Å². The highest BCUT2D eigenvalue weighted by Crippen LogP contribution is 2.44. The molecular weight excluding hydrogens is 420 g/mol. The minimum absolute atomic E-state index is 0.0394. The summed E-state index contributed by atoms with van der Waals surface area (Å²) in [5, 5.41) is 15.0. The molecule has 3 aliphatic carbocycles. The molecule has 0 heterocycles. The van der Waals surface area contributed by atoms with Gasteiger partial charge in [-0.25, -0.2) is 4.79 Å². The summed E-state index contributed by atoms with van der Waals surface area (Å²) < 4.78 is 5.58. The summed E-state index contributed by atoms with van der Waals surface area (Å²) in [6.07, 6.45) is 2.81. The lowest BCUT2D eigenvalue weighted by atomic mass is 9.96. The second-order valence-corrected chi connectivity index (χ2v) is 9.38. The molecule has 0 bridgehead atoms. The summed E-state index contributed by atoms with van der Waals surface area (Å²) in [6, 6.07) is 16.3. The zero-order chi connectivity index (χ0) is 23.0. The Balaban J connectivity index is 1.17. The van der Waals surface area contributed by atoms with Gasteiger partial charge in [0.15, 0.2) is 0 Å². The molecule has 5 rings (SSSR count). The fraction of sp³-hybridized carbons (Fsp3) is 0.423. The lowest BCUT2D eigenvalue weighted by Gasteiger charge is -2.21. The maximum absolute atomic E-state index is 12.8. The fourth-order valence-corrected chi connectivity index (χ4v) is 5.36. The first kappa shape index (κ1) is 21.5.